The molecule has 3 rings (SSSR count). The van der Waals surface area contributed by atoms with Crippen molar-refractivity contribution in [2.75, 3.05) is 41.7 Å². The Morgan fingerprint density at radius 2 is 1.67 bits per heavy atom. The lowest BCUT2D eigenvalue weighted by atomic mass is 10.2. The molecule has 21 heavy (non-hydrogen) atoms. The maximum Gasteiger partial charge on any atom is 0.245 e. The van der Waals surface area contributed by atoms with E-state index in [-0.39, 0.29) is 0 Å². The highest BCUT2D eigenvalue weighted by Crippen LogP contribution is 2.20. The van der Waals surface area contributed by atoms with E-state index in [1.807, 2.05) is 32.0 Å². The minimum Gasteiger partial charge on any atom is -0.399 e. The van der Waals surface area contributed by atoms with E-state index in [4.69, 9.17) is 5.73 Å². The number of rotatable bonds is 2. The van der Waals surface area contributed by atoms with Crippen molar-refractivity contribution in [1.82, 2.24) is 15.2 Å². The number of aryl methyl sites for hydroxylation is 2. The third-order valence-corrected chi connectivity index (χ3v) is 3.88. The second kappa shape index (κ2) is 5.55. The maximum atomic E-state index is 5.85. The van der Waals surface area contributed by atoms with Crippen molar-refractivity contribution < 1.29 is 0 Å². The summed E-state index contributed by atoms with van der Waals surface area (Å²) in [4.78, 5) is 9.04. The highest BCUT2D eigenvalue weighted by Gasteiger charge is 2.20. The van der Waals surface area contributed by atoms with Crippen LogP contribution in [0.25, 0.3) is 0 Å². The van der Waals surface area contributed by atoms with Gasteiger partial charge in [-0.2, -0.15) is 5.10 Å². The van der Waals surface area contributed by atoms with E-state index in [1.54, 1.807) is 0 Å². The molecule has 110 valence electrons. The lowest BCUT2D eigenvalue weighted by Crippen LogP contribution is -2.47. The smallest absolute Gasteiger partial charge is 0.245 e. The molecular weight excluding hydrogens is 264 g/mol. The predicted octanol–water partition coefficient (Wildman–Crippen LogP) is 1.40. The normalized spacial score (nSPS) is 15.3. The van der Waals surface area contributed by atoms with E-state index in [0.717, 1.165) is 49.2 Å². The molecule has 0 saturated carbocycles. The van der Waals surface area contributed by atoms with Gasteiger partial charge in [0.25, 0.3) is 0 Å². The average Bonchev–Trinajstić information content (AvgIpc) is 2.50. The monoisotopic (exact) mass is 284 g/mol. The van der Waals surface area contributed by atoms with Crippen molar-refractivity contribution >= 4 is 17.3 Å². The van der Waals surface area contributed by atoms with Crippen LogP contribution in [0, 0.1) is 13.8 Å². The minimum atomic E-state index is 0.727. The van der Waals surface area contributed by atoms with Gasteiger partial charge in [0.1, 0.15) is 0 Å². The number of aromatic nitrogens is 3. The molecule has 1 aliphatic heterocycles. The van der Waals surface area contributed by atoms with Gasteiger partial charge in [0.05, 0.1) is 11.4 Å². The molecular formula is C15H20N6. The van der Waals surface area contributed by atoms with Gasteiger partial charge in [0.15, 0.2) is 0 Å². The second-order valence-electron chi connectivity index (χ2n) is 5.35. The average molecular weight is 284 g/mol. The van der Waals surface area contributed by atoms with Crippen molar-refractivity contribution in [2.24, 2.45) is 0 Å². The van der Waals surface area contributed by atoms with Gasteiger partial charge in [-0.1, -0.05) is 6.07 Å². The zero-order valence-electron chi connectivity index (χ0n) is 12.5. The van der Waals surface area contributed by atoms with Gasteiger partial charge in [-0.3, -0.25) is 0 Å². The molecule has 1 saturated heterocycles. The zero-order chi connectivity index (χ0) is 14.8. The fraction of sp³-hybridized carbons (Fsp3) is 0.400. The lowest BCUT2D eigenvalue weighted by molar-refractivity contribution is 0.632. The fourth-order valence-corrected chi connectivity index (χ4v) is 2.47. The molecule has 0 bridgehead atoms. The molecule has 0 spiro atoms. The summed E-state index contributed by atoms with van der Waals surface area (Å²) in [7, 11) is 0. The minimum absolute atomic E-state index is 0.727. The van der Waals surface area contributed by atoms with Crippen molar-refractivity contribution in [3.63, 3.8) is 0 Å². The van der Waals surface area contributed by atoms with E-state index in [9.17, 15) is 0 Å². The molecule has 1 aliphatic rings. The first-order chi connectivity index (χ1) is 10.1. The molecule has 6 nitrogen and oxygen atoms in total. The summed E-state index contributed by atoms with van der Waals surface area (Å²) in [5.74, 6) is 0.727. The summed E-state index contributed by atoms with van der Waals surface area (Å²) in [5, 5.41) is 8.36. The Labute approximate surface area is 124 Å². The first-order valence-corrected chi connectivity index (χ1v) is 7.17. The number of hydrogen-bond acceptors (Lipinski definition) is 6. The van der Waals surface area contributed by atoms with Gasteiger partial charge in [0, 0.05) is 37.6 Å². The molecule has 2 heterocycles. The van der Waals surface area contributed by atoms with Crippen molar-refractivity contribution in [1.29, 1.82) is 0 Å². The molecule has 1 aromatic carbocycles. The van der Waals surface area contributed by atoms with Crippen LogP contribution < -0.4 is 15.5 Å². The summed E-state index contributed by atoms with van der Waals surface area (Å²) in [6, 6.07) is 8.02. The van der Waals surface area contributed by atoms with Crippen LogP contribution in [-0.4, -0.2) is 41.4 Å². The zero-order valence-corrected chi connectivity index (χ0v) is 12.5. The molecule has 6 heteroatoms. The number of hydrogen-bond donors (Lipinski definition) is 1. The van der Waals surface area contributed by atoms with Gasteiger partial charge in [-0.25, -0.2) is 4.98 Å². The Hall–Kier alpha value is -2.37. The van der Waals surface area contributed by atoms with E-state index < -0.39 is 0 Å². The first-order valence-electron chi connectivity index (χ1n) is 7.17. The van der Waals surface area contributed by atoms with Gasteiger partial charge < -0.3 is 15.5 Å². The standard InChI is InChI=1S/C15H20N6/c1-11-12(2)18-19-15(17-11)21-8-6-20(7-9-21)14-5-3-4-13(16)10-14/h3-5,10H,6-9,16H2,1-2H3. The highest BCUT2D eigenvalue weighted by atomic mass is 15.4. The van der Waals surface area contributed by atoms with Gasteiger partial charge in [-0.15, -0.1) is 5.10 Å². The molecule has 2 N–H and O–H groups in total. The number of piperazine rings is 1. The number of anilines is 3. The summed E-state index contributed by atoms with van der Waals surface area (Å²) < 4.78 is 0. The van der Waals surface area contributed by atoms with Gasteiger partial charge in [0.2, 0.25) is 5.95 Å². The van der Waals surface area contributed by atoms with E-state index in [0.29, 0.717) is 0 Å². The van der Waals surface area contributed by atoms with Crippen molar-refractivity contribution in [3.8, 4) is 0 Å². The topological polar surface area (TPSA) is 71.2 Å². The molecule has 0 atom stereocenters. The summed E-state index contributed by atoms with van der Waals surface area (Å²) >= 11 is 0. The summed E-state index contributed by atoms with van der Waals surface area (Å²) in [6.45, 7) is 7.53. The number of nitrogens with two attached hydrogens (primary N) is 1. The van der Waals surface area contributed by atoms with Crippen LogP contribution in [0.1, 0.15) is 11.4 Å². The third-order valence-electron chi connectivity index (χ3n) is 3.88. The largest absolute Gasteiger partial charge is 0.399 e. The molecule has 0 unspecified atom stereocenters. The van der Waals surface area contributed by atoms with Crippen LogP contribution in [0.3, 0.4) is 0 Å². The Morgan fingerprint density at radius 3 is 2.33 bits per heavy atom. The van der Waals surface area contributed by atoms with E-state index in [2.05, 4.69) is 31.0 Å². The Morgan fingerprint density at radius 1 is 0.952 bits per heavy atom. The van der Waals surface area contributed by atoms with Crippen LogP contribution in [0.2, 0.25) is 0 Å². The lowest BCUT2D eigenvalue weighted by Gasteiger charge is -2.36. The van der Waals surface area contributed by atoms with E-state index >= 15 is 0 Å². The Balaban J connectivity index is 1.68. The van der Waals surface area contributed by atoms with Crippen LogP contribution in [-0.2, 0) is 0 Å². The molecule has 1 aromatic heterocycles. The molecule has 0 radical (unpaired) electrons. The van der Waals surface area contributed by atoms with Crippen LogP contribution in [0.5, 0.6) is 0 Å². The molecule has 1 fully saturated rings. The van der Waals surface area contributed by atoms with Gasteiger partial charge in [-0.05, 0) is 32.0 Å². The van der Waals surface area contributed by atoms with Crippen LogP contribution >= 0.6 is 0 Å². The van der Waals surface area contributed by atoms with Crippen molar-refractivity contribution in [2.45, 2.75) is 13.8 Å². The van der Waals surface area contributed by atoms with E-state index in [1.165, 1.54) is 5.69 Å². The number of nitrogens with zero attached hydrogens (tertiary/aromatic N) is 5. The highest BCUT2D eigenvalue weighted by molar-refractivity contribution is 5.56. The predicted molar refractivity (Wildman–Crippen MR) is 84.6 cm³/mol. The van der Waals surface area contributed by atoms with Crippen LogP contribution in [0.15, 0.2) is 24.3 Å². The Bertz CT molecular complexity index is 634. The molecule has 0 aliphatic carbocycles. The summed E-state index contributed by atoms with van der Waals surface area (Å²) in [5.41, 5.74) is 9.66. The quantitative estimate of drug-likeness (QED) is 0.841. The van der Waals surface area contributed by atoms with Crippen LogP contribution in [0.4, 0.5) is 17.3 Å². The second-order valence-corrected chi connectivity index (χ2v) is 5.35. The fourth-order valence-electron chi connectivity index (χ4n) is 2.47. The van der Waals surface area contributed by atoms with Gasteiger partial charge >= 0.3 is 0 Å². The van der Waals surface area contributed by atoms with Crippen molar-refractivity contribution in [3.05, 3.63) is 35.7 Å². The SMILES string of the molecule is Cc1nnc(N2CCN(c3cccc(N)c3)CC2)nc1C. The number of benzene rings is 1. The first kappa shape index (κ1) is 13.6. The number of nitrogen functional groups attached to an aromatic ring is 1. The maximum absolute atomic E-state index is 5.85. The molecule has 0 amide bonds. The summed E-state index contributed by atoms with van der Waals surface area (Å²) in [6.07, 6.45) is 0. The Kier molecular flexibility index (Phi) is 3.60. The third kappa shape index (κ3) is 2.89. The molecule has 2 aromatic rings.